The van der Waals surface area contributed by atoms with Crippen molar-refractivity contribution >= 4 is 45.4 Å². The second-order valence-electron chi connectivity index (χ2n) is 8.78. The number of hydrogen-bond donors (Lipinski definition) is 0. The van der Waals surface area contributed by atoms with Crippen molar-refractivity contribution in [3.63, 3.8) is 0 Å². The molecule has 174 valence electrons. The fourth-order valence-electron chi connectivity index (χ4n) is 5.44. The largest absolute Gasteiger partial charge is 0.497 e. The van der Waals surface area contributed by atoms with E-state index in [0.29, 0.717) is 17.0 Å². The third kappa shape index (κ3) is 3.24. The lowest BCUT2D eigenvalue weighted by atomic mass is 9.83. The number of ketones is 1. The van der Waals surface area contributed by atoms with Crippen LogP contribution in [0.3, 0.4) is 0 Å². The molecule has 0 aromatic heterocycles. The van der Waals surface area contributed by atoms with Crippen LogP contribution in [0.4, 0.5) is 5.69 Å². The number of halogens is 1. The van der Waals surface area contributed by atoms with E-state index in [1.807, 2.05) is 24.3 Å². The molecule has 8 heteroatoms. The number of methoxy groups -OCH3 is 1. The number of benzene rings is 3. The lowest BCUT2D eigenvalue weighted by Gasteiger charge is -2.33. The van der Waals surface area contributed by atoms with E-state index in [0.717, 1.165) is 15.6 Å². The maximum Gasteiger partial charge on any atom is 0.240 e. The lowest BCUT2D eigenvalue weighted by Crippen LogP contribution is -2.44. The minimum Gasteiger partial charge on any atom is -0.497 e. The molecule has 4 atom stereocenters. The fraction of sp³-hybridized carbons (Fsp3) is 0.185. The van der Waals surface area contributed by atoms with Crippen molar-refractivity contribution in [3.8, 4) is 5.75 Å². The molecule has 0 spiro atoms. The normalized spacial score (nSPS) is 24.3. The Hall–Kier alpha value is -3.78. The average Bonchev–Trinajstić information content (AvgIpc) is 3.37. The van der Waals surface area contributed by atoms with Crippen LogP contribution in [0, 0.1) is 11.8 Å². The van der Waals surface area contributed by atoms with E-state index >= 15 is 0 Å². The fourth-order valence-corrected chi connectivity index (χ4v) is 5.70. The lowest BCUT2D eigenvalue weighted by molar-refractivity contribution is -0.124. The summed E-state index contributed by atoms with van der Waals surface area (Å²) in [5.41, 5.74) is 2.70. The zero-order valence-electron chi connectivity index (χ0n) is 18.7. The number of hydrazone groups is 1. The Labute approximate surface area is 210 Å². The number of Topliss-reactive ketones (excluding diaryl/α,β-unsaturated/α-hetero) is 1. The average molecular weight is 530 g/mol. The van der Waals surface area contributed by atoms with Gasteiger partial charge in [0.2, 0.25) is 11.8 Å². The van der Waals surface area contributed by atoms with Gasteiger partial charge in [-0.2, -0.15) is 5.10 Å². The number of imide groups is 1. The summed E-state index contributed by atoms with van der Waals surface area (Å²) in [6.45, 7) is 0. The second kappa shape index (κ2) is 8.16. The van der Waals surface area contributed by atoms with Crippen molar-refractivity contribution in [2.45, 2.75) is 12.1 Å². The summed E-state index contributed by atoms with van der Waals surface area (Å²) < 4.78 is 6.06. The van der Waals surface area contributed by atoms with Gasteiger partial charge in [0.05, 0.1) is 36.9 Å². The van der Waals surface area contributed by atoms with E-state index in [2.05, 4.69) is 21.0 Å². The summed E-state index contributed by atoms with van der Waals surface area (Å²) in [5, 5.41) is 6.25. The number of carbonyl (C=O) groups is 3. The first-order valence-corrected chi connectivity index (χ1v) is 12.0. The third-order valence-electron chi connectivity index (χ3n) is 7.02. The zero-order valence-corrected chi connectivity index (χ0v) is 20.3. The van der Waals surface area contributed by atoms with Crippen LogP contribution in [0.5, 0.6) is 5.75 Å². The molecular formula is C27H20BrN3O4. The molecule has 0 aliphatic carbocycles. The van der Waals surface area contributed by atoms with E-state index in [1.54, 1.807) is 66.9 Å². The van der Waals surface area contributed by atoms with Gasteiger partial charge in [0, 0.05) is 10.0 Å². The first-order valence-electron chi connectivity index (χ1n) is 11.2. The topological polar surface area (TPSA) is 79.3 Å². The summed E-state index contributed by atoms with van der Waals surface area (Å²) in [4.78, 5) is 42.7. The molecule has 3 aliphatic rings. The van der Waals surface area contributed by atoms with Gasteiger partial charge in [-0.05, 0) is 59.7 Å². The van der Waals surface area contributed by atoms with Crippen LogP contribution in [0.2, 0.25) is 0 Å². The smallest absolute Gasteiger partial charge is 0.240 e. The molecule has 7 nitrogen and oxygen atoms in total. The van der Waals surface area contributed by atoms with E-state index in [-0.39, 0.29) is 17.6 Å². The molecule has 2 fully saturated rings. The highest BCUT2D eigenvalue weighted by Gasteiger charge is 2.65. The molecule has 6 rings (SSSR count). The molecule has 2 saturated heterocycles. The van der Waals surface area contributed by atoms with Crippen molar-refractivity contribution in [1.29, 1.82) is 0 Å². The third-order valence-corrected chi connectivity index (χ3v) is 7.55. The highest BCUT2D eigenvalue weighted by Crippen LogP contribution is 2.53. The van der Waals surface area contributed by atoms with Gasteiger partial charge in [-0.1, -0.05) is 40.2 Å². The molecule has 0 bridgehead atoms. The van der Waals surface area contributed by atoms with E-state index in [9.17, 15) is 14.4 Å². The molecule has 0 N–H and O–H groups in total. The van der Waals surface area contributed by atoms with E-state index in [1.165, 1.54) is 4.90 Å². The Kier molecular flexibility index (Phi) is 5.07. The number of amides is 2. The van der Waals surface area contributed by atoms with Crippen molar-refractivity contribution in [1.82, 2.24) is 5.01 Å². The Morgan fingerprint density at radius 3 is 2.31 bits per heavy atom. The van der Waals surface area contributed by atoms with Crippen LogP contribution in [-0.4, -0.2) is 42.0 Å². The van der Waals surface area contributed by atoms with Crippen molar-refractivity contribution in [3.05, 3.63) is 94.0 Å². The van der Waals surface area contributed by atoms with Crippen LogP contribution in [0.15, 0.2) is 82.4 Å². The van der Waals surface area contributed by atoms with Gasteiger partial charge in [-0.25, -0.2) is 4.90 Å². The van der Waals surface area contributed by atoms with Crippen LogP contribution in [-0.2, 0) is 9.59 Å². The number of carbonyl (C=O) groups excluding carboxylic acids is 3. The summed E-state index contributed by atoms with van der Waals surface area (Å²) in [6, 6.07) is 20.1. The predicted octanol–water partition coefficient (Wildman–Crippen LogP) is 4.22. The molecular weight excluding hydrogens is 510 g/mol. The predicted molar refractivity (Wildman–Crippen MR) is 133 cm³/mol. The molecule has 0 unspecified atom stereocenters. The second-order valence-corrected chi connectivity index (χ2v) is 9.69. The maximum atomic E-state index is 13.9. The summed E-state index contributed by atoms with van der Waals surface area (Å²) >= 11 is 3.40. The standard InChI is InChI=1S/C27H20BrN3O4/c1-35-19-12-6-15(7-13-19)25(32)24-22-21(23-20-5-3-2-4-16(20)14-29-31(23)24)26(33)30(27(22)34)18-10-8-17(28)9-11-18/h2-14,21-24H,1H3/t21-,22+,23+,24-/m1/s1. The molecule has 3 aliphatic heterocycles. The highest BCUT2D eigenvalue weighted by atomic mass is 79.9. The molecule has 0 saturated carbocycles. The van der Waals surface area contributed by atoms with Gasteiger partial charge in [0.1, 0.15) is 11.8 Å². The van der Waals surface area contributed by atoms with Crippen LogP contribution >= 0.6 is 15.9 Å². The van der Waals surface area contributed by atoms with Crippen molar-refractivity contribution in [2.24, 2.45) is 16.9 Å². The van der Waals surface area contributed by atoms with Gasteiger partial charge in [0.15, 0.2) is 5.78 Å². The monoisotopic (exact) mass is 529 g/mol. The molecule has 0 radical (unpaired) electrons. The molecule has 3 heterocycles. The van der Waals surface area contributed by atoms with E-state index in [4.69, 9.17) is 4.74 Å². The Morgan fingerprint density at radius 2 is 1.60 bits per heavy atom. The van der Waals surface area contributed by atoms with Gasteiger partial charge in [-0.15, -0.1) is 0 Å². The molecule has 3 aromatic carbocycles. The number of anilines is 1. The van der Waals surface area contributed by atoms with Crippen molar-refractivity contribution < 1.29 is 19.1 Å². The zero-order chi connectivity index (χ0) is 24.3. The minimum atomic E-state index is -0.903. The van der Waals surface area contributed by atoms with Gasteiger partial charge >= 0.3 is 0 Å². The number of hydrogen-bond acceptors (Lipinski definition) is 6. The summed E-state index contributed by atoms with van der Waals surface area (Å²) in [5.74, 6) is -1.89. The highest BCUT2D eigenvalue weighted by molar-refractivity contribution is 9.10. The van der Waals surface area contributed by atoms with Crippen LogP contribution < -0.4 is 9.64 Å². The summed E-state index contributed by atoms with van der Waals surface area (Å²) in [6.07, 6.45) is 1.70. The number of nitrogens with zero attached hydrogens (tertiary/aromatic N) is 3. The van der Waals surface area contributed by atoms with Crippen molar-refractivity contribution in [2.75, 3.05) is 12.0 Å². The van der Waals surface area contributed by atoms with Gasteiger partial charge < -0.3 is 4.74 Å². The number of ether oxygens (including phenoxy) is 1. The Bertz CT molecular complexity index is 1390. The van der Waals surface area contributed by atoms with Crippen LogP contribution in [0.1, 0.15) is 27.5 Å². The number of rotatable bonds is 4. The van der Waals surface area contributed by atoms with Gasteiger partial charge in [0.25, 0.3) is 0 Å². The minimum absolute atomic E-state index is 0.250. The van der Waals surface area contributed by atoms with Gasteiger partial charge in [-0.3, -0.25) is 19.4 Å². The van der Waals surface area contributed by atoms with E-state index < -0.39 is 23.9 Å². The maximum absolute atomic E-state index is 13.9. The first kappa shape index (κ1) is 21.7. The van der Waals surface area contributed by atoms with Crippen LogP contribution in [0.25, 0.3) is 0 Å². The molecule has 2 amide bonds. The SMILES string of the molecule is COc1ccc(C(=O)[C@H]2[C@H]3C(=O)N(c4ccc(Br)cc4)C(=O)[C@H]3[C@@H]3c4ccccc4C=NN23)cc1. The molecule has 3 aromatic rings. The first-order chi connectivity index (χ1) is 17.0. The summed E-state index contributed by atoms with van der Waals surface area (Å²) in [7, 11) is 1.56. The Morgan fingerprint density at radius 1 is 0.914 bits per heavy atom. The number of fused-ring (bicyclic) bond motifs is 5. The quantitative estimate of drug-likeness (QED) is 0.373. The molecule has 35 heavy (non-hydrogen) atoms. The Balaban J connectivity index is 1.47.